The molecule has 1 fully saturated rings. The Kier molecular flexibility index (Phi) is 9.08. The lowest BCUT2D eigenvalue weighted by Crippen LogP contribution is -2.49. The van der Waals surface area contributed by atoms with Crippen molar-refractivity contribution < 1.29 is 0 Å². The molecular weight excluding hydrogens is 427 g/mol. The summed E-state index contributed by atoms with van der Waals surface area (Å²) in [5.74, 6) is 2.94. The Balaban J connectivity index is 0.00000242. The number of hydrogen-bond donors (Lipinski definition) is 1. The fourth-order valence-electron chi connectivity index (χ4n) is 2.40. The minimum absolute atomic E-state index is 0. The molecule has 1 aliphatic heterocycles. The van der Waals surface area contributed by atoms with Crippen LogP contribution in [0, 0.1) is 12.8 Å². The third-order valence-corrected chi connectivity index (χ3v) is 6.15. The zero-order valence-corrected chi connectivity index (χ0v) is 17.8. The second-order valence-electron chi connectivity index (χ2n) is 5.69. The minimum atomic E-state index is 0. The second-order valence-corrected chi connectivity index (χ2v) is 8.35. The molecule has 0 spiro atoms. The Morgan fingerprint density at radius 3 is 2.91 bits per heavy atom. The van der Waals surface area contributed by atoms with Crippen molar-refractivity contribution in [2.24, 2.45) is 10.9 Å². The van der Waals surface area contributed by atoms with Gasteiger partial charge in [-0.3, -0.25) is 4.99 Å². The quantitative estimate of drug-likeness (QED) is 0.431. The summed E-state index contributed by atoms with van der Waals surface area (Å²) in [6, 6.07) is 0. The molecule has 0 aromatic carbocycles. The van der Waals surface area contributed by atoms with Crippen LogP contribution < -0.4 is 5.32 Å². The fraction of sp³-hybridized carbons (Fsp3) is 0.733. The van der Waals surface area contributed by atoms with Gasteiger partial charge >= 0.3 is 0 Å². The molecule has 1 aliphatic rings. The summed E-state index contributed by atoms with van der Waals surface area (Å²) >= 11 is 3.87. The molecular formula is C15H27IN4S2. The summed E-state index contributed by atoms with van der Waals surface area (Å²) in [4.78, 5) is 12.5. The first kappa shape index (κ1) is 20.0. The summed E-state index contributed by atoms with van der Waals surface area (Å²) in [6.45, 7) is 9.80. The van der Waals surface area contributed by atoms with Crippen molar-refractivity contribution in [3.05, 3.63) is 16.1 Å². The average molecular weight is 454 g/mol. The molecule has 0 bridgehead atoms. The highest BCUT2D eigenvalue weighted by Crippen LogP contribution is 2.24. The molecule has 2 rings (SSSR count). The van der Waals surface area contributed by atoms with E-state index in [0.717, 1.165) is 32.0 Å². The third kappa shape index (κ3) is 5.88. The van der Waals surface area contributed by atoms with Gasteiger partial charge in [0.15, 0.2) is 5.96 Å². The van der Waals surface area contributed by atoms with Crippen LogP contribution in [0.25, 0.3) is 0 Å². The van der Waals surface area contributed by atoms with Gasteiger partial charge in [0.05, 0.1) is 5.01 Å². The van der Waals surface area contributed by atoms with E-state index in [1.54, 1.807) is 11.3 Å². The molecule has 1 aromatic heterocycles. The van der Waals surface area contributed by atoms with Crippen molar-refractivity contribution in [2.75, 3.05) is 32.4 Å². The van der Waals surface area contributed by atoms with Crippen molar-refractivity contribution in [3.8, 4) is 0 Å². The Bertz CT molecular complexity index is 476. The Hall–Kier alpha value is -0.0200. The van der Waals surface area contributed by atoms with Crippen LogP contribution in [-0.4, -0.2) is 53.5 Å². The number of thioether (sulfide) groups is 1. The smallest absolute Gasteiger partial charge is 0.193 e. The number of aromatic nitrogens is 1. The summed E-state index contributed by atoms with van der Waals surface area (Å²) < 4.78 is 0. The zero-order valence-electron chi connectivity index (χ0n) is 13.8. The van der Waals surface area contributed by atoms with Crippen LogP contribution in [0.2, 0.25) is 0 Å². The lowest BCUT2D eigenvalue weighted by molar-refractivity contribution is 0.381. The molecule has 0 radical (unpaired) electrons. The molecule has 126 valence electrons. The summed E-state index contributed by atoms with van der Waals surface area (Å²) in [6.07, 6.45) is 2.91. The number of aliphatic imine (C=N–C) groups is 1. The first-order valence-corrected chi connectivity index (χ1v) is 9.45. The molecule has 1 unspecified atom stereocenters. The topological polar surface area (TPSA) is 40.5 Å². The Morgan fingerprint density at radius 2 is 2.32 bits per heavy atom. The number of aryl methyl sites for hydroxylation is 1. The van der Waals surface area contributed by atoms with Crippen molar-refractivity contribution in [1.82, 2.24) is 15.2 Å². The lowest BCUT2D eigenvalue weighted by Gasteiger charge is -2.36. The van der Waals surface area contributed by atoms with E-state index in [9.17, 15) is 0 Å². The molecule has 7 heteroatoms. The van der Waals surface area contributed by atoms with Crippen LogP contribution >= 0.6 is 47.1 Å². The second kappa shape index (κ2) is 9.97. The largest absolute Gasteiger partial charge is 0.356 e. The highest BCUT2D eigenvalue weighted by Gasteiger charge is 2.24. The van der Waals surface area contributed by atoms with Crippen LogP contribution in [0.15, 0.2) is 11.2 Å². The Labute approximate surface area is 159 Å². The molecule has 2 heterocycles. The van der Waals surface area contributed by atoms with Crippen LogP contribution in [0.5, 0.6) is 0 Å². The minimum Gasteiger partial charge on any atom is -0.356 e. The van der Waals surface area contributed by atoms with Crippen molar-refractivity contribution in [2.45, 2.75) is 32.4 Å². The van der Waals surface area contributed by atoms with E-state index in [0.29, 0.717) is 11.2 Å². The predicted molar refractivity (Wildman–Crippen MR) is 110 cm³/mol. The molecule has 0 aliphatic carbocycles. The van der Waals surface area contributed by atoms with Gasteiger partial charge in [-0.25, -0.2) is 4.98 Å². The van der Waals surface area contributed by atoms with E-state index in [-0.39, 0.29) is 24.0 Å². The predicted octanol–water partition coefficient (Wildman–Crippen LogP) is 3.26. The van der Waals surface area contributed by atoms with Crippen LogP contribution in [-0.2, 0) is 6.42 Å². The summed E-state index contributed by atoms with van der Waals surface area (Å²) in [7, 11) is 1.88. The molecule has 4 nitrogen and oxygen atoms in total. The maximum Gasteiger partial charge on any atom is 0.193 e. The van der Waals surface area contributed by atoms with E-state index in [2.05, 4.69) is 52.7 Å². The molecule has 22 heavy (non-hydrogen) atoms. The van der Waals surface area contributed by atoms with Gasteiger partial charge in [0.2, 0.25) is 0 Å². The number of nitrogens with one attached hydrogen (secondary N) is 1. The SMILES string of the molecule is CN=C(NCCc1ncc(C)s1)N1CCSC(C(C)C)C1.I. The maximum atomic E-state index is 4.45. The van der Waals surface area contributed by atoms with Gasteiger partial charge in [-0.05, 0) is 12.8 Å². The van der Waals surface area contributed by atoms with Crippen LogP contribution in [0.1, 0.15) is 23.7 Å². The summed E-state index contributed by atoms with van der Waals surface area (Å²) in [5.41, 5.74) is 0. The van der Waals surface area contributed by atoms with E-state index in [1.807, 2.05) is 13.2 Å². The highest BCUT2D eigenvalue weighted by atomic mass is 127. The highest BCUT2D eigenvalue weighted by molar-refractivity contribution is 14.0. The number of nitrogens with zero attached hydrogens (tertiary/aromatic N) is 3. The zero-order chi connectivity index (χ0) is 15.2. The number of halogens is 1. The van der Waals surface area contributed by atoms with Crippen molar-refractivity contribution >= 4 is 53.0 Å². The third-order valence-electron chi connectivity index (χ3n) is 3.64. The standard InChI is InChI=1S/C15H26N4S2.HI/c1-11(2)13-10-19(7-8-20-13)15(16-4)17-6-5-14-18-9-12(3)21-14;/h9,11,13H,5-8,10H2,1-4H3,(H,16,17);1H. The maximum absolute atomic E-state index is 4.45. The van der Waals surface area contributed by atoms with Crippen LogP contribution in [0.4, 0.5) is 0 Å². The molecule has 0 amide bonds. The molecule has 1 N–H and O–H groups in total. The van der Waals surface area contributed by atoms with E-state index in [1.165, 1.54) is 15.6 Å². The van der Waals surface area contributed by atoms with Gasteiger partial charge in [-0.1, -0.05) is 13.8 Å². The fourth-order valence-corrected chi connectivity index (χ4v) is 4.49. The first-order valence-electron chi connectivity index (χ1n) is 7.58. The van der Waals surface area contributed by atoms with Gasteiger partial charge in [-0.2, -0.15) is 11.8 Å². The lowest BCUT2D eigenvalue weighted by atomic mass is 10.1. The number of hydrogen-bond acceptors (Lipinski definition) is 4. The Morgan fingerprint density at radius 1 is 1.55 bits per heavy atom. The van der Waals surface area contributed by atoms with Gasteiger partial charge in [0.25, 0.3) is 0 Å². The van der Waals surface area contributed by atoms with Crippen molar-refractivity contribution in [3.63, 3.8) is 0 Å². The van der Waals surface area contributed by atoms with Gasteiger partial charge in [0.1, 0.15) is 0 Å². The number of thiazole rings is 1. The van der Waals surface area contributed by atoms with Gasteiger partial charge in [-0.15, -0.1) is 35.3 Å². The molecule has 1 aromatic rings. The number of rotatable bonds is 4. The van der Waals surface area contributed by atoms with Gasteiger partial charge in [0, 0.05) is 55.2 Å². The summed E-state index contributed by atoms with van der Waals surface area (Å²) in [5, 5.41) is 5.40. The normalized spacial score (nSPS) is 19.2. The van der Waals surface area contributed by atoms with Crippen molar-refractivity contribution in [1.29, 1.82) is 0 Å². The molecule has 1 atom stereocenters. The first-order chi connectivity index (χ1) is 10.1. The molecule has 0 saturated carbocycles. The average Bonchev–Trinajstić information content (AvgIpc) is 2.89. The van der Waals surface area contributed by atoms with E-state index < -0.39 is 0 Å². The van der Waals surface area contributed by atoms with E-state index in [4.69, 9.17) is 0 Å². The monoisotopic (exact) mass is 454 g/mol. The molecule has 1 saturated heterocycles. The number of guanidine groups is 1. The van der Waals surface area contributed by atoms with Crippen LogP contribution in [0.3, 0.4) is 0 Å². The van der Waals surface area contributed by atoms with E-state index >= 15 is 0 Å². The van der Waals surface area contributed by atoms with Gasteiger partial charge < -0.3 is 10.2 Å².